The van der Waals surface area contributed by atoms with Crippen molar-refractivity contribution in [1.82, 2.24) is 5.32 Å². The van der Waals surface area contributed by atoms with Gasteiger partial charge in [0.25, 0.3) is 0 Å². The van der Waals surface area contributed by atoms with Crippen LogP contribution < -0.4 is 10.1 Å². The van der Waals surface area contributed by atoms with Crippen molar-refractivity contribution < 1.29 is 67.0 Å². The molecule has 236 valence electrons. The van der Waals surface area contributed by atoms with E-state index in [0.29, 0.717) is 0 Å². The lowest BCUT2D eigenvalue weighted by molar-refractivity contribution is -0.250. The number of fused-ring (bicyclic) bond motifs is 3. The summed E-state index contributed by atoms with van der Waals surface area (Å²) in [6.07, 6.45) is -12.7. The van der Waals surface area contributed by atoms with Gasteiger partial charge in [0.1, 0.15) is 29.0 Å². The molecule has 5 unspecified atom stereocenters. The number of aliphatic hydroxyl groups is 2. The lowest BCUT2D eigenvalue weighted by Gasteiger charge is -2.42. The summed E-state index contributed by atoms with van der Waals surface area (Å²) in [5.74, 6) is -6.32. The van der Waals surface area contributed by atoms with E-state index in [1.165, 1.54) is 32.2 Å². The fraction of sp³-hybridized carbons (Fsp3) is 0.448. The van der Waals surface area contributed by atoms with Gasteiger partial charge in [-0.15, -0.1) is 0 Å². The van der Waals surface area contributed by atoms with Gasteiger partial charge in [-0.05, 0) is 19.9 Å². The van der Waals surface area contributed by atoms with Crippen molar-refractivity contribution in [3.05, 3.63) is 51.6 Å². The number of hydrogen-bond donors (Lipinski definition) is 5. The number of aromatic hydroxyl groups is 2. The molecule has 15 heteroatoms. The Labute approximate surface area is 247 Å². The maximum atomic E-state index is 13.7. The molecule has 0 radical (unpaired) electrons. The third kappa shape index (κ3) is 4.99. The number of nitrogens with one attached hydrogen (secondary N) is 1. The number of ether oxygens (including phenoxy) is 3. The molecular weight excluding hydrogens is 595 g/mol. The Morgan fingerprint density at radius 2 is 1.75 bits per heavy atom. The van der Waals surface area contributed by atoms with Crippen LogP contribution in [0.1, 0.15) is 75.8 Å². The van der Waals surface area contributed by atoms with E-state index < -0.39 is 108 Å². The van der Waals surface area contributed by atoms with E-state index in [4.69, 9.17) is 14.2 Å². The summed E-state index contributed by atoms with van der Waals surface area (Å²) in [6.45, 7) is 2.37. The van der Waals surface area contributed by atoms with Crippen LogP contribution in [0.5, 0.6) is 17.2 Å². The average molecular weight is 624 g/mol. The Morgan fingerprint density at radius 3 is 2.36 bits per heavy atom. The number of Topliss-reactive ketones (excluding diaryl/α,β-unsaturated/α-hetero) is 1. The zero-order chi connectivity index (χ0) is 32.5. The first-order valence-electron chi connectivity index (χ1n) is 13.5. The lowest BCUT2D eigenvalue weighted by Crippen LogP contribution is -2.57. The van der Waals surface area contributed by atoms with Crippen molar-refractivity contribution in [2.75, 3.05) is 7.11 Å². The van der Waals surface area contributed by atoms with E-state index in [1.807, 2.05) is 0 Å². The highest BCUT2D eigenvalue weighted by atomic mass is 19.4. The zero-order valence-electron chi connectivity index (χ0n) is 23.5. The number of ketones is 3. The summed E-state index contributed by atoms with van der Waals surface area (Å²) in [6, 6.07) is 2.71. The second-order valence-electron chi connectivity index (χ2n) is 11.0. The third-order valence-corrected chi connectivity index (χ3v) is 8.33. The minimum absolute atomic E-state index is 0.0250. The van der Waals surface area contributed by atoms with Crippen molar-refractivity contribution >= 4 is 23.3 Å². The first kappa shape index (κ1) is 31.4. The number of hydrogen-bond acceptors (Lipinski definition) is 11. The van der Waals surface area contributed by atoms with E-state index in [-0.39, 0.29) is 28.0 Å². The van der Waals surface area contributed by atoms with Gasteiger partial charge >= 0.3 is 12.1 Å². The first-order valence-corrected chi connectivity index (χ1v) is 13.5. The number of phenols is 2. The molecular formula is C29H28F3NO11. The molecule has 2 aromatic carbocycles. The average Bonchev–Trinajstić information content (AvgIpc) is 2.94. The predicted molar refractivity (Wildman–Crippen MR) is 140 cm³/mol. The van der Waals surface area contributed by atoms with Gasteiger partial charge in [-0.2, -0.15) is 13.2 Å². The Hall–Kier alpha value is -4.05. The number of benzene rings is 2. The predicted octanol–water partition coefficient (Wildman–Crippen LogP) is 1.75. The summed E-state index contributed by atoms with van der Waals surface area (Å²) >= 11 is 0. The van der Waals surface area contributed by atoms with Crippen molar-refractivity contribution in [3.8, 4) is 17.2 Å². The van der Waals surface area contributed by atoms with Gasteiger partial charge in [0.05, 0.1) is 42.0 Å². The molecule has 0 bridgehead atoms. The van der Waals surface area contributed by atoms with Gasteiger partial charge < -0.3 is 40.0 Å². The monoisotopic (exact) mass is 623 g/mol. The number of alkyl halides is 3. The van der Waals surface area contributed by atoms with Crippen LogP contribution in [0, 0.1) is 0 Å². The molecule has 6 atom stereocenters. The fourth-order valence-corrected chi connectivity index (χ4v) is 6.02. The number of phenolic OH excluding ortho intramolecular Hbond substituents is 2. The zero-order valence-corrected chi connectivity index (χ0v) is 23.5. The number of rotatable bonds is 5. The highest BCUT2D eigenvalue weighted by Gasteiger charge is 2.50. The molecule has 2 aromatic rings. The number of amides is 1. The summed E-state index contributed by atoms with van der Waals surface area (Å²) in [7, 11) is 1.27. The minimum atomic E-state index is -5.24. The van der Waals surface area contributed by atoms with Crippen LogP contribution in [-0.4, -0.2) is 87.1 Å². The molecule has 1 fully saturated rings. The van der Waals surface area contributed by atoms with Crippen molar-refractivity contribution in [2.45, 2.75) is 75.5 Å². The highest BCUT2D eigenvalue weighted by molar-refractivity contribution is 6.31. The lowest BCUT2D eigenvalue weighted by atomic mass is 9.72. The van der Waals surface area contributed by atoms with Crippen molar-refractivity contribution in [3.63, 3.8) is 0 Å². The van der Waals surface area contributed by atoms with Gasteiger partial charge in [-0.3, -0.25) is 19.2 Å². The van der Waals surface area contributed by atoms with Crippen molar-refractivity contribution in [1.29, 1.82) is 0 Å². The van der Waals surface area contributed by atoms with Gasteiger partial charge in [-0.25, -0.2) is 0 Å². The van der Waals surface area contributed by atoms with E-state index >= 15 is 0 Å². The van der Waals surface area contributed by atoms with E-state index in [1.54, 1.807) is 5.32 Å². The highest BCUT2D eigenvalue weighted by Crippen LogP contribution is 2.52. The van der Waals surface area contributed by atoms with E-state index in [0.717, 1.165) is 6.92 Å². The Balaban J connectivity index is 1.60. The Morgan fingerprint density at radius 1 is 1.09 bits per heavy atom. The molecule has 44 heavy (non-hydrogen) atoms. The summed E-state index contributed by atoms with van der Waals surface area (Å²) < 4.78 is 55.5. The van der Waals surface area contributed by atoms with Crippen LogP contribution in [0.3, 0.4) is 0 Å². The number of carbonyl (C=O) groups excluding carboxylic acids is 4. The van der Waals surface area contributed by atoms with Crippen LogP contribution in [0.4, 0.5) is 13.2 Å². The fourth-order valence-electron chi connectivity index (χ4n) is 6.02. The second-order valence-corrected chi connectivity index (χ2v) is 11.0. The standard InChI is InChI=1S/C29H28F3NO11/c1-10-22(35)14(33-27(40)29(30,31)32)7-17(43-10)44-16-9-28(41,11(2)34)8-13-19(16)26(39)21-20(24(13)37)23(36)12-5-4-6-15(42-3)18(12)25(21)38/h4-6,10,14,16-17,22,35,37,39,41H,7-9H2,1-3H3,(H,33,40)/t10?,14?,16-,17?,22?,28?/m0/s1. The van der Waals surface area contributed by atoms with Crippen LogP contribution in [-0.2, 0) is 25.5 Å². The molecule has 12 nitrogen and oxygen atoms in total. The second kappa shape index (κ2) is 10.8. The van der Waals surface area contributed by atoms with Gasteiger partial charge in [0, 0.05) is 36.0 Å². The smallest absolute Gasteiger partial charge is 0.471 e. The van der Waals surface area contributed by atoms with Crippen LogP contribution in [0.15, 0.2) is 18.2 Å². The summed E-state index contributed by atoms with van der Waals surface area (Å²) in [5.41, 5.74) is -4.15. The summed E-state index contributed by atoms with van der Waals surface area (Å²) in [5, 5.41) is 46.2. The minimum Gasteiger partial charge on any atom is -0.507 e. The molecule has 1 heterocycles. The Kier molecular flexibility index (Phi) is 7.73. The van der Waals surface area contributed by atoms with Crippen LogP contribution in [0.2, 0.25) is 0 Å². The number of aliphatic hydroxyl groups excluding tert-OH is 1. The van der Waals surface area contributed by atoms with Crippen LogP contribution in [0.25, 0.3) is 0 Å². The molecule has 0 saturated carbocycles. The number of halogens is 3. The molecule has 0 spiro atoms. The number of methoxy groups -OCH3 is 1. The molecule has 5 N–H and O–H groups in total. The molecule has 3 aliphatic rings. The molecule has 2 aliphatic carbocycles. The van der Waals surface area contributed by atoms with Gasteiger partial charge in [0.2, 0.25) is 5.78 Å². The van der Waals surface area contributed by atoms with Crippen LogP contribution >= 0.6 is 0 Å². The number of carbonyl (C=O) groups is 4. The van der Waals surface area contributed by atoms with Gasteiger partial charge in [-0.1, -0.05) is 12.1 Å². The SMILES string of the molecule is COc1cccc2c1C(=O)c1c(O)c3c(c(O)c1C2=O)CC(O)(C(C)=O)C[C@@H]3OC1CC(NC(=O)C(F)(F)F)C(O)C(C)O1. The molecule has 1 amide bonds. The molecule has 1 aliphatic heterocycles. The first-order chi connectivity index (χ1) is 20.5. The quantitative estimate of drug-likeness (QED) is 0.261. The molecule has 0 aromatic heterocycles. The van der Waals surface area contributed by atoms with Gasteiger partial charge in [0.15, 0.2) is 17.9 Å². The maximum absolute atomic E-state index is 13.7. The largest absolute Gasteiger partial charge is 0.507 e. The Bertz CT molecular complexity index is 1590. The van der Waals surface area contributed by atoms with Crippen molar-refractivity contribution in [2.24, 2.45) is 0 Å². The molecule has 5 rings (SSSR count). The molecule has 1 saturated heterocycles. The van der Waals surface area contributed by atoms with E-state index in [2.05, 4.69) is 0 Å². The topological polar surface area (TPSA) is 189 Å². The maximum Gasteiger partial charge on any atom is 0.471 e. The third-order valence-electron chi connectivity index (χ3n) is 8.33. The van der Waals surface area contributed by atoms with E-state index in [9.17, 15) is 52.8 Å². The normalized spacial score (nSPS) is 28.0. The summed E-state index contributed by atoms with van der Waals surface area (Å²) in [4.78, 5) is 51.4.